The molecule has 0 aliphatic heterocycles. The van der Waals surface area contributed by atoms with Gasteiger partial charge in [0.05, 0.1) is 18.6 Å². The Balaban J connectivity index is 2.46. The third-order valence-corrected chi connectivity index (χ3v) is 4.07. The van der Waals surface area contributed by atoms with E-state index >= 15 is 0 Å². The molecule has 18 heavy (non-hydrogen) atoms. The maximum Gasteiger partial charge on any atom is 0.122 e. The first-order valence-electron chi connectivity index (χ1n) is 6.85. The van der Waals surface area contributed by atoms with Gasteiger partial charge in [0.25, 0.3) is 0 Å². The number of nitrogens with zero attached hydrogens (tertiary/aromatic N) is 1. The molecule has 2 heteroatoms. The zero-order valence-corrected chi connectivity index (χ0v) is 11.3. The number of unbranched alkanes of at least 4 members (excludes halogenated alkanes) is 1. The third-order valence-electron chi connectivity index (χ3n) is 4.07. The fraction of sp³-hybridized carbons (Fsp3) is 0.562. The molecule has 0 N–H and O–H groups in total. The lowest BCUT2D eigenvalue weighted by Gasteiger charge is -2.34. The lowest BCUT2D eigenvalue weighted by atomic mass is 9.68. The molecule has 1 unspecified atom stereocenters. The van der Waals surface area contributed by atoms with Gasteiger partial charge < -0.3 is 4.74 Å². The van der Waals surface area contributed by atoms with Crippen molar-refractivity contribution in [1.82, 2.24) is 0 Å². The van der Waals surface area contributed by atoms with Crippen LogP contribution in [0.15, 0.2) is 18.2 Å². The van der Waals surface area contributed by atoms with Gasteiger partial charge >= 0.3 is 0 Å². The third kappa shape index (κ3) is 2.10. The normalized spacial score (nSPS) is 22.1. The predicted octanol–water partition coefficient (Wildman–Crippen LogP) is 3.98. The summed E-state index contributed by atoms with van der Waals surface area (Å²) < 4.78 is 5.45. The highest BCUT2D eigenvalue weighted by atomic mass is 16.5. The summed E-state index contributed by atoms with van der Waals surface area (Å²) in [4.78, 5) is 0. The van der Waals surface area contributed by atoms with Crippen molar-refractivity contribution in [2.45, 2.75) is 50.9 Å². The molecule has 0 spiro atoms. The molecule has 0 fully saturated rings. The van der Waals surface area contributed by atoms with Crippen LogP contribution in [-0.4, -0.2) is 7.11 Å². The van der Waals surface area contributed by atoms with Crippen molar-refractivity contribution < 1.29 is 4.74 Å². The maximum atomic E-state index is 9.69. The number of fused-ring (bicyclic) bond motifs is 1. The molecular formula is C16H21NO. The highest BCUT2D eigenvalue weighted by molar-refractivity contribution is 5.48. The minimum Gasteiger partial charge on any atom is -0.496 e. The summed E-state index contributed by atoms with van der Waals surface area (Å²) in [5, 5.41) is 9.69. The Hall–Kier alpha value is -1.49. The van der Waals surface area contributed by atoms with Crippen molar-refractivity contribution >= 4 is 0 Å². The van der Waals surface area contributed by atoms with E-state index in [0.29, 0.717) is 0 Å². The summed E-state index contributed by atoms with van der Waals surface area (Å²) in [6.07, 6.45) is 6.34. The summed E-state index contributed by atoms with van der Waals surface area (Å²) in [6.45, 7) is 2.18. The average molecular weight is 243 g/mol. The van der Waals surface area contributed by atoms with Crippen LogP contribution in [0.5, 0.6) is 5.75 Å². The van der Waals surface area contributed by atoms with Crippen molar-refractivity contribution in [1.29, 1.82) is 5.26 Å². The molecule has 1 atom stereocenters. The molecule has 0 heterocycles. The number of rotatable bonds is 4. The smallest absolute Gasteiger partial charge is 0.122 e. The van der Waals surface area contributed by atoms with Crippen LogP contribution in [0, 0.1) is 11.3 Å². The molecule has 0 aromatic heterocycles. The van der Waals surface area contributed by atoms with E-state index < -0.39 is 0 Å². The Labute approximate surface area is 110 Å². The largest absolute Gasteiger partial charge is 0.496 e. The van der Waals surface area contributed by atoms with Crippen molar-refractivity contribution in [3.8, 4) is 11.8 Å². The second-order valence-electron chi connectivity index (χ2n) is 5.14. The van der Waals surface area contributed by atoms with Crippen molar-refractivity contribution in [2.24, 2.45) is 0 Å². The van der Waals surface area contributed by atoms with Crippen LogP contribution < -0.4 is 4.74 Å². The second-order valence-corrected chi connectivity index (χ2v) is 5.14. The Morgan fingerprint density at radius 3 is 2.94 bits per heavy atom. The fourth-order valence-electron chi connectivity index (χ4n) is 3.07. The van der Waals surface area contributed by atoms with Gasteiger partial charge in [-0.05, 0) is 42.9 Å². The Morgan fingerprint density at radius 2 is 2.28 bits per heavy atom. The van der Waals surface area contributed by atoms with E-state index in [4.69, 9.17) is 4.74 Å². The van der Waals surface area contributed by atoms with E-state index in [-0.39, 0.29) is 5.41 Å². The summed E-state index contributed by atoms with van der Waals surface area (Å²) in [7, 11) is 1.71. The van der Waals surface area contributed by atoms with Gasteiger partial charge in [-0.1, -0.05) is 31.9 Å². The van der Waals surface area contributed by atoms with Crippen LogP contribution in [-0.2, 0) is 11.8 Å². The molecule has 0 saturated heterocycles. The summed E-state index contributed by atoms with van der Waals surface area (Å²) >= 11 is 0. The second kappa shape index (κ2) is 5.44. The standard InChI is InChI=1S/C16H21NO/c1-3-4-10-16(12-17)11-6-7-13-14(16)8-5-9-15(13)18-2/h5,8-9H,3-4,6-7,10-11H2,1-2H3. The van der Waals surface area contributed by atoms with E-state index in [9.17, 15) is 5.26 Å². The molecular weight excluding hydrogens is 222 g/mol. The van der Waals surface area contributed by atoms with Crippen LogP contribution >= 0.6 is 0 Å². The maximum absolute atomic E-state index is 9.69. The van der Waals surface area contributed by atoms with Gasteiger partial charge in [0.1, 0.15) is 5.75 Å². The van der Waals surface area contributed by atoms with E-state index in [1.165, 1.54) is 11.1 Å². The van der Waals surface area contributed by atoms with Crippen LogP contribution in [0.25, 0.3) is 0 Å². The monoisotopic (exact) mass is 243 g/mol. The topological polar surface area (TPSA) is 33.0 Å². The Morgan fingerprint density at radius 1 is 1.44 bits per heavy atom. The van der Waals surface area contributed by atoms with Crippen molar-refractivity contribution in [3.05, 3.63) is 29.3 Å². The Bertz CT molecular complexity index is 461. The minimum atomic E-state index is -0.280. The fourth-order valence-corrected chi connectivity index (χ4v) is 3.07. The minimum absolute atomic E-state index is 0.280. The zero-order chi connectivity index (χ0) is 13.0. The molecule has 96 valence electrons. The highest BCUT2D eigenvalue weighted by Gasteiger charge is 2.37. The molecule has 1 aliphatic rings. The highest BCUT2D eigenvalue weighted by Crippen LogP contribution is 2.43. The van der Waals surface area contributed by atoms with Crippen LogP contribution in [0.3, 0.4) is 0 Å². The first-order valence-corrected chi connectivity index (χ1v) is 6.85. The molecule has 0 bridgehead atoms. The number of ether oxygens (including phenoxy) is 1. The van der Waals surface area contributed by atoms with E-state index in [1.807, 2.05) is 12.1 Å². The summed E-state index contributed by atoms with van der Waals surface area (Å²) in [5.41, 5.74) is 2.19. The number of hydrogen-bond acceptors (Lipinski definition) is 2. The molecule has 1 aromatic carbocycles. The van der Waals surface area contributed by atoms with Crippen LogP contribution in [0.2, 0.25) is 0 Å². The number of methoxy groups -OCH3 is 1. The SMILES string of the molecule is CCCCC1(C#N)CCCc2c(OC)cccc21. The van der Waals surface area contributed by atoms with Crippen LogP contribution in [0.4, 0.5) is 0 Å². The van der Waals surface area contributed by atoms with E-state index in [1.54, 1.807) is 7.11 Å². The zero-order valence-electron chi connectivity index (χ0n) is 11.3. The quantitative estimate of drug-likeness (QED) is 0.801. The van der Waals surface area contributed by atoms with Gasteiger partial charge in [0, 0.05) is 0 Å². The summed E-state index contributed by atoms with van der Waals surface area (Å²) in [6, 6.07) is 8.75. The average Bonchev–Trinajstić information content (AvgIpc) is 2.44. The summed E-state index contributed by atoms with van der Waals surface area (Å²) in [5.74, 6) is 0.948. The number of nitriles is 1. The molecule has 1 aromatic rings. The van der Waals surface area contributed by atoms with E-state index in [2.05, 4.69) is 19.1 Å². The lowest BCUT2D eigenvalue weighted by molar-refractivity contribution is 0.379. The van der Waals surface area contributed by atoms with Gasteiger partial charge in [-0.15, -0.1) is 0 Å². The van der Waals surface area contributed by atoms with Crippen molar-refractivity contribution in [2.75, 3.05) is 7.11 Å². The predicted molar refractivity (Wildman–Crippen MR) is 72.7 cm³/mol. The van der Waals surface area contributed by atoms with Crippen LogP contribution in [0.1, 0.15) is 50.2 Å². The van der Waals surface area contributed by atoms with Gasteiger partial charge in [-0.2, -0.15) is 5.26 Å². The molecule has 0 saturated carbocycles. The molecule has 0 radical (unpaired) electrons. The number of benzene rings is 1. The molecule has 1 aliphatic carbocycles. The van der Waals surface area contributed by atoms with Gasteiger partial charge in [0.2, 0.25) is 0 Å². The number of hydrogen-bond donors (Lipinski definition) is 0. The van der Waals surface area contributed by atoms with E-state index in [0.717, 1.165) is 44.3 Å². The van der Waals surface area contributed by atoms with Gasteiger partial charge in [-0.25, -0.2) is 0 Å². The molecule has 2 nitrogen and oxygen atoms in total. The van der Waals surface area contributed by atoms with Gasteiger partial charge in [-0.3, -0.25) is 0 Å². The van der Waals surface area contributed by atoms with Gasteiger partial charge in [0.15, 0.2) is 0 Å². The Kier molecular flexibility index (Phi) is 3.91. The lowest BCUT2D eigenvalue weighted by Crippen LogP contribution is -2.29. The molecule has 0 amide bonds. The molecule has 2 rings (SSSR count). The first-order chi connectivity index (χ1) is 8.77. The first kappa shape index (κ1) is 13.0. The van der Waals surface area contributed by atoms with Crippen molar-refractivity contribution in [3.63, 3.8) is 0 Å².